The maximum atomic E-state index is 5.03. The second kappa shape index (κ2) is 13.1. The molecule has 4 nitrogen and oxygen atoms in total. The van der Waals surface area contributed by atoms with Crippen LogP contribution in [0.3, 0.4) is 0 Å². The van der Waals surface area contributed by atoms with Gasteiger partial charge in [0.2, 0.25) is 0 Å². The van der Waals surface area contributed by atoms with Crippen molar-refractivity contribution in [3.8, 4) is 0 Å². The van der Waals surface area contributed by atoms with Crippen LogP contribution in [0.1, 0.15) is 22.3 Å². The Morgan fingerprint density at radius 2 is 0.562 bits per heavy atom. The monoisotopic (exact) mass is 616 g/mol. The number of anilines is 2. The minimum Gasteiger partial charge on any atom is -0.277 e. The van der Waals surface area contributed by atoms with Crippen LogP contribution in [-0.4, -0.2) is 11.4 Å². The summed E-state index contributed by atoms with van der Waals surface area (Å²) in [5.74, 6) is 0. The highest BCUT2D eigenvalue weighted by atomic mass is 15.3. The van der Waals surface area contributed by atoms with E-state index in [0.29, 0.717) is 0 Å². The highest BCUT2D eigenvalue weighted by molar-refractivity contribution is 6.23. The van der Waals surface area contributed by atoms with Gasteiger partial charge in [-0.15, -0.1) is 0 Å². The van der Waals surface area contributed by atoms with Gasteiger partial charge < -0.3 is 0 Å². The number of benzene rings is 8. The van der Waals surface area contributed by atoms with Gasteiger partial charge in [0.15, 0.2) is 0 Å². The van der Waals surface area contributed by atoms with Gasteiger partial charge in [0.25, 0.3) is 0 Å². The molecule has 0 spiro atoms. The third kappa shape index (κ3) is 5.68. The van der Waals surface area contributed by atoms with Crippen LogP contribution in [0.15, 0.2) is 192 Å². The van der Waals surface area contributed by atoms with E-state index in [9.17, 15) is 0 Å². The summed E-state index contributed by atoms with van der Waals surface area (Å²) in [6, 6.07) is 62.7. The van der Waals surface area contributed by atoms with Crippen molar-refractivity contribution >= 4 is 55.1 Å². The van der Waals surface area contributed by atoms with Gasteiger partial charge in [-0.2, -0.15) is 10.2 Å². The molecule has 0 aliphatic heterocycles. The summed E-state index contributed by atoms with van der Waals surface area (Å²) in [5, 5.41) is 16.8. The van der Waals surface area contributed by atoms with Gasteiger partial charge in [-0.3, -0.25) is 10.9 Å². The lowest BCUT2D eigenvalue weighted by Crippen LogP contribution is -2.07. The summed E-state index contributed by atoms with van der Waals surface area (Å²) in [5.41, 5.74) is 14.8. The third-order valence-corrected chi connectivity index (χ3v) is 8.65. The Kier molecular flexibility index (Phi) is 7.87. The Balaban J connectivity index is 1.28. The number of hydrogen-bond donors (Lipinski definition) is 2. The summed E-state index contributed by atoms with van der Waals surface area (Å²) < 4.78 is 0. The molecule has 0 heterocycles. The first-order chi connectivity index (χ1) is 23.8. The number of nitrogens with zero attached hydrogens (tertiary/aromatic N) is 2. The number of fused-ring (bicyclic) bond motifs is 5. The Morgan fingerprint density at radius 1 is 0.292 bits per heavy atom. The van der Waals surface area contributed by atoms with Crippen LogP contribution in [0.4, 0.5) is 11.4 Å². The van der Waals surface area contributed by atoms with Crippen molar-refractivity contribution in [1.82, 2.24) is 0 Å². The normalized spacial score (nSPS) is 10.9. The van der Waals surface area contributed by atoms with Crippen LogP contribution in [-0.2, 0) is 0 Å². The smallest absolute Gasteiger partial charge is 0.0977 e. The number of hydrazone groups is 2. The zero-order valence-corrected chi connectivity index (χ0v) is 26.2. The molecule has 0 bridgehead atoms. The molecule has 0 atom stereocenters. The highest BCUT2D eigenvalue weighted by Gasteiger charge is 2.14. The summed E-state index contributed by atoms with van der Waals surface area (Å²) >= 11 is 0. The van der Waals surface area contributed by atoms with Crippen LogP contribution in [0.5, 0.6) is 0 Å². The van der Waals surface area contributed by atoms with Crippen LogP contribution in [0, 0.1) is 0 Å². The molecule has 228 valence electrons. The van der Waals surface area contributed by atoms with Crippen molar-refractivity contribution in [1.29, 1.82) is 0 Å². The SMILES string of the molecule is c1ccc(C(=NNc2cc3c4ccccc4c(NN=C(c4ccccc4)c4ccccc4)cc3c3ccccc23)c2ccccc2)cc1. The van der Waals surface area contributed by atoms with Gasteiger partial charge in [-0.05, 0) is 33.7 Å². The van der Waals surface area contributed by atoms with Crippen LogP contribution in [0.2, 0.25) is 0 Å². The maximum absolute atomic E-state index is 5.03. The van der Waals surface area contributed by atoms with E-state index in [-0.39, 0.29) is 0 Å². The molecular formula is C44H32N4. The quantitative estimate of drug-likeness (QED) is 0.101. The van der Waals surface area contributed by atoms with Crippen molar-refractivity contribution in [2.24, 2.45) is 10.2 Å². The minimum atomic E-state index is 0.885. The molecule has 8 rings (SSSR count). The molecule has 0 saturated carbocycles. The predicted molar refractivity (Wildman–Crippen MR) is 203 cm³/mol. The van der Waals surface area contributed by atoms with Crippen LogP contribution < -0.4 is 10.9 Å². The Morgan fingerprint density at radius 3 is 0.875 bits per heavy atom. The van der Waals surface area contributed by atoms with Crippen molar-refractivity contribution < 1.29 is 0 Å². The lowest BCUT2D eigenvalue weighted by Gasteiger charge is -2.16. The van der Waals surface area contributed by atoms with E-state index >= 15 is 0 Å². The standard InChI is InChI=1S/C44H32N4/c1-5-17-31(18-6-1)43(32-19-7-2-8-20-32)47-45-41-29-39-36-26-14-16-28-38(36)42(30-40(39)35-25-13-15-27-37(35)41)46-48-44(33-21-9-3-10-22-33)34-23-11-4-12-24-34/h1-30,45-46H. The summed E-state index contributed by atoms with van der Waals surface area (Å²) in [7, 11) is 0. The lowest BCUT2D eigenvalue weighted by molar-refractivity contribution is 1.34. The molecule has 48 heavy (non-hydrogen) atoms. The first-order valence-electron chi connectivity index (χ1n) is 16.1. The molecular weight excluding hydrogens is 585 g/mol. The Labute approximate surface area is 279 Å². The first-order valence-corrected chi connectivity index (χ1v) is 16.1. The van der Waals surface area contributed by atoms with Crippen molar-refractivity contribution in [3.63, 3.8) is 0 Å². The molecule has 2 N–H and O–H groups in total. The molecule has 0 amide bonds. The molecule has 0 unspecified atom stereocenters. The average molecular weight is 617 g/mol. The Bertz CT molecular complexity index is 2160. The first kappa shape index (κ1) is 28.9. The summed E-state index contributed by atoms with van der Waals surface area (Å²) in [6.07, 6.45) is 0. The summed E-state index contributed by atoms with van der Waals surface area (Å²) in [6.45, 7) is 0. The van der Waals surface area contributed by atoms with E-state index in [1.807, 2.05) is 72.8 Å². The molecule has 0 saturated heterocycles. The fourth-order valence-corrected chi connectivity index (χ4v) is 6.34. The van der Waals surface area contributed by atoms with Gasteiger partial charge in [0.05, 0.1) is 22.8 Å². The van der Waals surface area contributed by atoms with Crippen LogP contribution in [0.25, 0.3) is 32.3 Å². The van der Waals surface area contributed by atoms with Crippen molar-refractivity contribution in [3.05, 3.63) is 204 Å². The molecule has 4 heteroatoms. The number of nitrogens with one attached hydrogen (secondary N) is 2. The second-order valence-electron chi connectivity index (χ2n) is 11.6. The lowest BCUT2D eigenvalue weighted by atomic mass is 9.95. The Hall–Kier alpha value is -6.52. The summed E-state index contributed by atoms with van der Waals surface area (Å²) in [4.78, 5) is 0. The molecule has 8 aromatic carbocycles. The van der Waals surface area contributed by atoms with E-state index in [0.717, 1.165) is 77.4 Å². The molecule has 0 aromatic heterocycles. The van der Waals surface area contributed by atoms with E-state index in [1.165, 1.54) is 0 Å². The molecule has 0 aliphatic carbocycles. The molecule has 0 radical (unpaired) electrons. The molecule has 0 fully saturated rings. The van der Waals surface area contributed by atoms with Gasteiger partial charge in [0, 0.05) is 33.0 Å². The second-order valence-corrected chi connectivity index (χ2v) is 11.6. The largest absolute Gasteiger partial charge is 0.277 e. The fourth-order valence-electron chi connectivity index (χ4n) is 6.34. The topological polar surface area (TPSA) is 48.8 Å². The molecule has 0 aliphatic rings. The van der Waals surface area contributed by atoms with Gasteiger partial charge in [0.1, 0.15) is 0 Å². The zero-order valence-electron chi connectivity index (χ0n) is 26.2. The van der Waals surface area contributed by atoms with E-state index in [4.69, 9.17) is 10.2 Å². The zero-order chi connectivity index (χ0) is 32.1. The molecule has 8 aromatic rings. The van der Waals surface area contributed by atoms with E-state index < -0.39 is 0 Å². The van der Waals surface area contributed by atoms with Crippen molar-refractivity contribution in [2.75, 3.05) is 10.9 Å². The number of hydrogen-bond acceptors (Lipinski definition) is 4. The van der Waals surface area contributed by atoms with E-state index in [1.54, 1.807) is 0 Å². The number of rotatable bonds is 8. The van der Waals surface area contributed by atoms with Gasteiger partial charge >= 0.3 is 0 Å². The fraction of sp³-hybridized carbons (Fsp3) is 0. The highest BCUT2D eigenvalue weighted by Crippen LogP contribution is 2.39. The predicted octanol–water partition coefficient (Wildman–Crippen LogP) is 10.9. The third-order valence-electron chi connectivity index (χ3n) is 8.65. The maximum Gasteiger partial charge on any atom is 0.0977 e. The van der Waals surface area contributed by atoms with Crippen LogP contribution >= 0.6 is 0 Å². The average Bonchev–Trinajstić information content (AvgIpc) is 3.17. The van der Waals surface area contributed by atoms with Gasteiger partial charge in [-0.1, -0.05) is 170 Å². The van der Waals surface area contributed by atoms with Crippen molar-refractivity contribution in [2.45, 2.75) is 0 Å². The van der Waals surface area contributed by atoms with Gasteiger partial charge in [-0.25, -0.2) is 0 Å². The minimum absolute atomic E-state index is 0.885. The van der Waals surface area contributed by atoms with E-state index in [2.05, 4.69) is 120 Å².